The Labute approximate surface area is 172 Å². The Morgan fingerprint density at radius 1 is 1.24 bits per heavy atom. The molecule has 1 fully saturated rings. The summed E-state index contributed by atoms with van der Waals surface area (Å²) in [5.74, 6) is 1.69. The Balaban J connectivity index is 1.42. The molecule has 0 amide bonds. The predicted molar refractivity (Wildman–Crippen MR) is 111 cm³/mol. The topological polar surface area (TPSA) is 88.8 Å². The summed E-state index contributed by atoms with van der Waals surface area (Å²) in [4.78, 5) is 9.26. The van der Waals surface area contributed by atoms with Gasteiger partial charge in [-0.05, 0) is 44.2 Å². The number of anilines is 1. The SMILES string of the molecule is CC(C)c1noc(N2CCC(N(C)CCOc3ccc(S(C)(=O)=O)cc3)CC2)n1. The summed E-state index contributed by atoms with van der Waals surface area (Å²) in [7, 11) is -1.07. The number of nitrogens with zero attached hydrogens (tertiary/aromatic N) is 4. The van der Waals surface area contributed by atoms with Crippen molar-refractivity contribution in [3.05, 3.63) is 30.1 Å². The molecule has 2 aromatic rings. The zero-order valence-corrected chi connectivity index (χ0v) is 18.4. The van der Waals surface area contributed by atoms with Gasteiger partial charge < -0.3 is 14.2 Å². The van der Waals surface area contributed by atoms with Gasteiger partial charge >= 0.3 is 6.01 Å². The fourth-order valence-electron chi connectivity index (χ4n) is 3.36. The van der Waals surface area contributed by atoms with Gasteiger partial charge in [-0.15, -0.1) is 0 Å². The molecule has 0 unspecified atom stereocenters. The first-order valence-corrected chi connectivity index (χ1v) is 11.8. The Hall–Kier alpha value is -2.13. The van der Waals surface area contributed by atoms with Gasteiger partial charge in [0.2, 0.25) is 0 Å². The number of ether oxygens (including phenoxy) is 1. The van der Waals surface area contributed by atoms with Crippen molar-refractivity contribution in [1.82, 2.24) is 15.0 Å². The van der Waals surface area contributed by atoms with Gasteiger partial charge in [0.25, 0.3) is 0 Å². The van der Waals surface area contributed by atoms with Gasteiger partial charge in [-0.1, -0.05) is 19.0 Å². The number of benzene rings is 1. The monoisotopic (exact) mass is 422 g/mol. The average Bonchev–Trinajstić information content (AvgIpc) is 3.18. The summed E-state index contributed by atoms with van der Waals surface area (Å²) in [6.45, 7) is 7.24. The molecule has 1 aromatic heterocycles. The molecule has 8 nitrogen and oxygen atoms in total. The second kappa shape index (κ2) is 9.13. The number of sulfone groups is 1. The standard InChI is InChI=1S/C20H30N4O4S/c1-15(2)19-21-20(28-22-19)24-11-9-16(10-12-24)23(3)13-14-27-17-5-7-18(8-6-17)29(4,25)26/h5-8,15-16H,9-14H2,1-4H3. The fraction of sp³-hybridized carbons (Fsp3) is 0.600. The van der Waals surface area contributed by atoms with Crippen LogP contribution in [0.3, 0.4) is 0 Å². The van der Waals surface area contributed by atoms with Crippen molar-refractivity contribution >= 4 is 15.9 Å². The zero-order chi connectivity index (χ0) is 21.0. The lowest BCUT2D eigenvalue weighted by Gasteiger charge is -2.35. The maximum absolute atomic E-state index is 11.5. The Morgan fingerprint density at radius 3 is 2.45 bits per heavy atom. The van der Waals surface area contributed by atoms with Gasteiger partial charge in [0.15, 0.2) is 15.7 Å². The lowest BCUT2D eigenvalue weighted by molar-refractivity contribution is 0.169. The van der Waals surface area contributed by atoms with Crippen LogP contribution in [0.25, 0.3) is 0 Å². The molecular weight excluding hydrogens is 392 g/mol. The van der Waals surface area contributed by atoms with E-state index in [1.165, 1.54) is 6.26 Å². The third kappa shape index (κ3) is 5.70. The highest BCUT2D eigenvalue weighted by molar-refractivity contribution is 7.90. The van der Waals surface area contributed by atoms with E-state index in [0.29, 0.717) is 29.3 Å². The molecule has 0 bridgehead atoms. The van der Waals surface area contributed by atoms with E-state index < -0.39 is 9.84 Å². The molecule has 3 rings (SSSR count). The summed E-state index contributed by atoms with van der Waals surface area (Å²) in [6, 6.07) is 7.65. The lowest BCUT2D eigenvalue weighted by Crippen LogP contribution is -2.44. The van der Waals surface area contributed by atoms with E-state index in [2.05, 4.69) is 40.8 Å². The smallest absolute Gasteiger partial charge is 0.324 e. The van der Waals surface area contributed by atoms with Crippen molar-refractivity contribution in [2.75, 3.05) is 44.4 Å². The Bertz CT molecular complexity index is 887. The highest BCUT2D eigenvalue weighted by Gasteiger charge is 2.25. The minimum absolute atomic E-state index is 0.263. The molecule has 1 aliphatic heterocycles. The molecule has 160 valence electrons. The minimum Gasteiger partial charge on any atom is -0.492 e. The molecule has 1 saturated heterocycles. The largest absolute Gasteiger partial charge is 0.492 e. The molecule has 0 radical (unpaired) electrons. The van der Waals surface area contributed by atoms with Crippen LogP contribution in [-0.4, -0.2) is 69.0 Å². The molecule has 0 N–H and O–H groups in total. The number of hydrogen-bond acceptors (Lipinski definition) is 8. The predicted octanol–water partition coefficient (Wildman–Crippen LogP) is 2.58. The maximum atomic E-state index is 11.5. The fourth-order valence-corrected chi connectivity index (χ4v) is 3.99. The third-order valence-corrected chi connectivity index (χ3v) is 6.40. The maximum Gasteiger partial charge on any atom is 0.324 e. The van der Waals surface area contributed by atoms with Crippen molar-refractivity contribution in [3.8, 4) is 5.75 Å². The van der Waals surface area contributed by atoms with Gasteiger partial charge in [-0.25, -0.2) is 8.42 Å². The Morgan fingerprint density at radius 2 is 1.90 bits per heavy atom. The lowest BCUT2D eigenvalue weighted by atomic mass is 10.0. The summed E-state index contributed by atoms with van der Waals surface area (Å²) in [5, 5.41) is 4.05. The molecule has 2 heterocycles. The van der Waals surface area contributed by atoms with Crippen LogP contribution in [0, 0.1) is 0 Å². The van der Waals surface area contributed by atoms with E-state index in [0.717, 1.165) is 38.3 Å². The van der Waals surface area contributed by atoms with E-state index in [1.54, 1.807) is 24.3 Å². The molecular formula is C20H30N4O4S. The second-order valence-electron chi connectivity index (χ2n) is 7.88. The van der Waals surface area contributed by atoms with Crippen LogP contribution in [0.2, 0.25) is 0 Å². The van der Waals surface area contributed by atoms with Gasteiger partial charge in [0, 0.05) is 37.8 Å². The summed E-state index contributed by atoms with van der Waals surface area (Å²) in [5.41, 5.74) is 0. The highest BCUT2D eigenvalue weighted by atomic mass is 32.2. The van der Waals surface area contributed by atoms with E-state index in [9.17, 15) is 8.42 Å². The molecule has 1 aliphatic rings. The van der Waals surface area contributed by atoms with Crippen LogP contribution >= 0.6 is 0 Å². The number of aromatic nitrogens is 2. The second-order valence-corrected chi connectivity index (χ2v) is 9.90. The van der Waals surface area contributed by atoms with E-state index in [4.69, 9.17) is 9.26 Å². The number of piperidine rings is 1. The minimum atomic E-state index is -3.18. The van der Waals surface area contributed by atoms with Crippen molar-refractivity contribution in [2.24, 2.45) is 0 Å². The number of likely N-dealkylation sites (N-methyl/N-ethyl adjacent to an activating group) is 1. The first kappa shape index (κ1) is 21.6. The number of hydrogen-bond donors (Lipinski definition) is 0. The van der Waals surface area contributed by atoms with Crippen molar-refractivity contribution in [2.45, 2.75) is 43.5 Å². The van der Waals surface area contributed by atoms with Crippen LogP contribution < -0.4 is 9.64 Å². The average molecular weight is 423 g/mol. The van der Waals surface area contributed by atoms with Crippen LogP contribution in [0.4, 0.5) is 6.01 Å². The summed E-state index contributed by atoms with van der Waals surface area (Å²) < 4.78 is 34.2. The first-order chi connectivity index (χ1) is 13.7. The van der Waals surface area contributed by atoms with E-state index in [-0.39, 0.29) is 5.92 Å². The van der Waals surface area contributed by atoms with Crippen molar-refractivity contribution < 1.29 is 17.7 Å². The van der Waals surface area contributed by atoms with E-state index >= 15 is 0 Å². The van der Waals surface area contributed by atoms with Gasteiger partial charge in [-0.2, -0.15) is 4.98 Å². The molecule has 0 atom stereocenters. The molecule has 9 heteroatoms. The molecule has 0 aliphatic carbocycles. The van der Waals surface area contributed by atoms with Gasteiger partial charge in [0.1, 0.15) is 12.4 Å². The van der Waals surface area contributed by atoms with Crippen LogP contribution in [0.5, 0.6) is 5.75 Å². The molecule has 29 heavy (non-hydrogen) atoms. The first-order valence-electron chi connectivity index (χ1n) is 9.95. The van der Waals surface area contributed by atoms with Crippen LogP contribution in [0.15, 0.2) is 33.7 Å². The third-order valence-electron chi connectivity index (χ3n) is 5.27. The molecule has 1 aromatic carbocycles. The van der Waals surface area contributed by atoms with Gasteiger partial charge in [-0.3, -0.25) is 4.90 Å². The van der Waals surface area contributed by atoms with Crippen molar-refractivity contribution in [1.29, 1.82) is 0 Å². The highest BCUT2D eigenvalue weighted by Crippen LogP contribution is 2.22. The van der Waals surface area contributed by atoms with Crippen LogP contribution in [-0.2, 0) is 9.84 Å². The zero-order valence-electron chi connectivity index (χ0n) is 17.5. The normalized spacial score (nSPS) is 16.0. The summed E-state index contributed by atoms with van der Waals surface area (Å²) in [6.07, 6.45) is 3.25. The van der Waals surface area contributed by atoms with Crippen molar-refractivity contribution in [3.63, 3.8) is 0 Å². The van der Waals surface area contributed by atoms with Gasteiger partial charge in [0.05, 0.1) is 4.90 Å². The Kier molecular flexibility index (Phi) is 6.79. The molecule has 0 saturated carbocycles. The summed E-state index contributed by atoms with van der Waals surface area (Å²) >= 11 is 0. The van der Waals surface area contributed by atoms with Crippen LogP contribution in [0.1, 0.15) is 38.4 Å². The number of rotatable bonds is 8. The quantitative estimate of drug-likeness (QED) is 0.641. The molecule has 0 spiro atoms. The van der Waals surface area contributed by atoms with E-state index in [1.807, 2.05) is 0 Å².